The van der Waals surface area contributed by atoms with E-state index in [4.69, 9.17) is 9.47 Å². The van der Waals surface area contributed by atoms with Gasteiger partial charge < -0.3 is 14.4 Å². The minimum atomic E-state index is 0.302. The molecule has 3 aliphatic rings. The number of rotatable bonds is 3. The van der Waals surface area contributed by atoms with Gasteiger partial charge in [-0.05, 0) is 25.0 Å². The highest BCUT2D eigenvalue weighted by atomic mass is 16.6. The normalized spacial score (nSPS) is 19.6. The van der Waals surface area contributed by atoms with Crippen LogP contribution >= 0.6 is 0 Å². The van der Waals surface area contributed by atoms with E-state index in [1.54, 1.807) is 6.29 Å². The summed E-state index contributed by atoms with van der Waals surface area (Å²) in [5, 5.41) is 0. The monoisotopic (exact) mass is 228 g/mol. The standard InChI is InChI=1S/C13H10NO3/c15-7-10-11(16-10)8-3-4-9(13-12(8)17-13)14-5-1-2-6-14/h3-4H,1-2,5-6H2. The summed E-state index contributed by atoms with van der Waals surface area (Å²) in [5.41, 5.74) is 2.04. The number of nitrogens with zero attached hydrogens (tertiary/aromatic N) is 1. The predicted octanol–water partition coefficient (Wildman–Crippen LogP) is 2.20. The largest absolute Gasteiger partial charge is 0.446 e. The third-order valence-electron chi connectivity index (χ3n) is 3.41. The van der Waals surface area contributed by atoms with E-state index >= 15 is 0 Å². The van der Waals surface area contributed by atoms with E-state index in [0.717, 1.165) is 30.2 Å². The molecule has 3 heterocycles. The second kappa shape index (κ2) is 3.03. The maximum atomic E-state index is 10.4. The Morgan fingerprint density at radius 2 is 1.94 bits per heavy atom. The summed E-state index contributed by atoms with van der Waals surface area (Å²) >= 11 is 0. The van der Waals surface area contributed by atoms with E-state index in [-0.39, 0.29) is 0 Å². The Labute approximate surface area is 98.4 Å². The zero-order valence-electron chi connectivity index (χ0n) is 9.16. The van der Waals surface area contributed by atoms with Crippen LogP contribution in [0.25, 0.3) is 5.76 Å². The molecule has 0 saturated carbocycles. The third kappa shape index (κ3) is 1.27. The maximum absolute atomic E-state index is 10.4. The first-order valence-corrected chi connectivity index (χ1v) is 5.79. The Bertz CT molecular complexity index is 556. The highest BCUT2D eigenvalue weighted by Gasteiger charge is 2.39. The number of allylic oxidation sites excluding steroid dienone is 1. The Kier molecular flexibility index (Phi) is 1.62. The Morgan fingerprint density at radius 3 is 2.65 bits per heavy atom. The van der Waals surface area contributed by atoms with Crippen molar-refractivity contribution in [1.82, 2.24) is 0 Å². The molecule has 85 valence electrons. The lowest BCUT2D eigenvalue weighted by molar-refractivity contribution is 0.510. The SMILES string of the molecule is O=[C]C1=C(c2ccc(N3CCCC3)c3c2O3)O1. The van der Waals surface area contributed by atoms with Gasteiger partial charge in [-0.1, -0.05) is 0 Å². The first kappa shape index (κ1) is 9.10. The third-order valence-corrected chi connectivity index (χ3v) is 3.41. The zero-order valence-corrected chi connectivity index (χ0v) is 9.16. The van der Waals surface area contributed by atoms with Gasteiger partial charge in [-0.3, -0.25) is 4.79 Å². The molecule has 1 radical (unpaired) electrons. The molecular formula is C13H10NO3. The lowest BCUT2D eigenvalue weighted by Crippen LogP contribution is -2.16. The van der Waals surface area contributed by atoms with Crippen LogP contribution in [0.4, 0.5) is 5.69 Å². The Hall–Kier alpha value is -1.97. The molecule has 3 aliphatic heterocycles. The van der Waals surface area contributed by atoms with Crippen molar-refractivity contribution in [3.8, 4) is 11.5 Å². The fourth-order valence-electron chi connectivity index (χ4n) is 2.44. The number of benzene rings is 1. The zero-order chi connectivity index (χ0) is 11.4. The van der Waals surface area contributed by atoms with Crippen LogP contribution in [0, 0.1) is 0 Å². The molecule has 1 aromatic carbocycles. The number of carbonyl (C=O) groups excluding carboxylic acids is 1. The first-order valence-electron chi connectivity index (χ1n) is 5.79. The van der Waals surface area contributed by atoms with Crippen LogP contribution < -0.4 is 9.64 Å². The van der Waals surface area contributed by atoms with Gasteiger partial charge in [-0.25, -0.2) is 0 Å². The minimum absolute atomic E-state index is 0.302. The average molecular weight is 228 g/mol. The topological polar surface area (TPSA) is 45.4 Å². The minimum Gasteiger partial charge on any atom is -0.446 e. The molecule has 0 bridgehead atoms. The smallest absolute Gasteiger partial charge is 0.276 e. The molecule has 1 aromatic rings. The first-order chi connectivity index (χ1) is 8.38. The van der Waals surface area contributed by atoms with Crippen LogP contribution in [0.15, 0.2) is 17.9 Å². The van der Waals surface area contributed by atoms with Crippen molar-refractivity contribution in [2.24, 2.45) is 0 Å². The van der Waals surface area contributed by atoms with Crippen molar-refractivity contribution in [2.45, 2.75) is 12.8 Å². The van der Waals surface area contributed by atoms with E-state index in [1.807, 2.05) is 12.1 Å². The number of hydrogen-bond acceptors (Lipinski definition) is 4. The van der Waals surface area contributed by atoms with Gasteiger partial charge in [-0.2, -0.15) is 0 Å². The average Bonchev–Trinajstić information content (AvgIpc) is 3.25. The number of ether oxygens (including phenoxy) is 2. The van der Waals surface area contributed by atoms with Crippen molar-refractivity contribution in [3.63, 3.8) is 0 Å². The van der Waals surface area contributed by atoms with Crippen molar-refractivity contribution in [3.05, 3.63) is 23.5 Å². The number of fused-ring (bicyclic) bond motifs is 1. The van der Waals surface area contributed by atoms with Crippen molar-refractivity contribution >= 4 is 17.7 Å². The number of anilines is 1. The molecule has 1 fully saturated rings. The molecule has 0 amide bonds. The summed E-state index contributed by atoms with van der Waals surface area (Å²) in [4.78, 5) is 12.7. The summed E-state index contributed by atoms with van der Waals surface area (Å²) in [7, 11) is 0. The lowest BCUT2D eigenvalue weighted by atomic mass is 10.2. The van der Waals surface area contributed by atoms with E-state index in [1.165, 1.54) is 18.5 Å². The van der Waals surface area contributed by atoms with Crippen LogP contribution in [0.5, 0.6) is 11.5 Å². The molecule has 0 N–H and O–H groups in total. The van der Waals surface area contributed by atoms with Gasteiger partial charge in [0, 0.05) is 13.1 Å². The second-order valence-electron chi connectivity index (χ2n) is 4.45. The lowest BCUT2D eigenvalue weighted by Gasteiger charge is -2.15. The Balaban J connectivity index is 1.70. The predicted molar refractivity (Wildman–Crippen MR) is 61.7 cm³/mol. The van der Waals surface area contributed by atoms with Gasteiger partial charge in [0.15, 0.2) is 17.3 Å². The molecule has 0 spiro atoms. The van der Waals surface area contributed by atoms with Gasteiger partial charge in [0.05, 0.1) is 11.3 Å². The van der Waals surface area contributed by atoms with Gasteiger partial charge in [0.1, 0.15) is 0 Å². The molecule has 4 rings (SSSR count). The highest BCUT2D eigenvalue weighted by molar-refractivity contribution is 5.97. The maximum Gasteiger partial charge on any atom is 0.276 e. The van der Waals surface area contributed by atoms with Crippen LogP contribution in [0.1, 0.15) is 18.4 Å². The van der Waals surface area contributed by atoms with E-state index in [0.29, 0.717) is 11.5 Å². The molecule has 0 aromatic heterocycles. The van der Waals surface area contributed by atoms with Crippen molar-refractivity contribution in [2.75, 3.05) is 18.0 Å². The highest BCUT2D eigenvalue weighted by Crippen LogP contribution is 2.58. The molecule has 1 saturated heterocycles. The molecule has 4 nitrogen and oxygen atoms in total. The van der Waals surface area contributed by atoms with Crippen molar-refractivity contribution < 1.29 is 14.3 Å². The van der Waals surface area contributed by atoms with Crippen LogP contribution in [0.3, 0.4) is 0 Å². The fourth-order valence-corrected chi connectivity index (χ4v) is 2.44. The Morgan fingerprint density at radius 1 is 1.12 bits per heavy atom. The van der Waals surface area contributed by atoms with E-state index in [2.05, 4.69) is 4.90 Å². The van der Waals surface area contributed by atoms with Gasteiger partial charge >= 0.3 is 0 Å². The van der Waals surface area contributed by atoms with Gasteiger partial charge in [-0.15, -0.1) is 0 Å². The summed E-state index contributed by atoms with van der Waals surface area (Å²) in [6.07, 6.45) is 4.24. The second-order valence-corrected chi connectivity index (χ2v) is 4.45. The summed E-state index contributed by atoms with van der Waals surface area (Å²) < 4.78 is 10.6. The van der Waals surface area contributed by atoms with Crippen LogP contribution in [-0.2, 0) is 9.53 Å². The molecule has 0 aliphatic carbocycles. The molecule has 0 unspecified atom stereocenters. The van der Waals surface area contributed by atoms with Gasteiger partial charge in [0.2, 0.25) is 5.76 Å². The van der Waals surface area contributed by atoms with Crippen molar-refractivity contribution in [1.29, 1.82) is 0 Å². The molecule has 17 heavy (non-hydrogen) atoms. The summed E-state index contributed by atoms with van der Waals surface area (Å²) in [6, 6.07) is 4.00. The van der Waals surface area contributed by atoms with E-state index in [9.17, 15) is 4.79 Å². The van der Waals surface area contributed by atoms with Crippen LogP contribution in [0.2, 0.25) is 0 Å². The summed E-state index contributed by atoms with van der Waals surface area (Å²) in [5.74, 6) is 2.71. The fraction of sp³-hybridized carbons (Fsp3) is 0.308. The van der Waals surface area contributed by atoms with E-state index < -0.39 is 0 Å². The molecule has 4 heteroatoms. The summed E-state index contributed by atoms with van der Waals surface area (Å²) in [6.45, 7) is 2.20. The molecule has 0 atom stereocenters. The van der Waals surface area contributed by atoms with Crippen LogP contribution in [-0.4, -0.2) is 19.4 Å². The quantitative estimate of drug-likeness (QED) is 0.755. The van der Waals surface area contributed by atoms with Gasteiger partial charge in [0.25, 0.3) is 6.29 Å². The molecular weight excluding hydrogens is 218 g/mol. The number of hydrogen-bond donors (Lipinski definition) is 0.